The van der Waals surface area contributed by atoms with Crippen molar-refractivity contribution in [1.29, 1.82) is 0 Å². The molecule has 0 amide bonds. The molecule has 0 fully saturated rings. The van der Waals surface area contributed by atoms with Crippen LogP contribution < -0.4 is 5.32 Å². The Hall–Kier alpha value is -2.59. The first-order chi connectivity index (χ1) is 34.7. The highest BCUT2D eigenvalue weighted by molar-refractivity contribution is 5.58. The molecule has 0 bridgehead atoms. The van der Waals surface area contributed by atoms with E-state index in [2.05, 4.69) is 33.0 Å². The summed E-state index contributed by atoms with van der Waals surface area (Å²) in [6.07, 6.45) is 38.6. The second kappa shape index (κ2) is 96.8. The number of methoxy groups -OCH3 is 6. The smallest absolute Gasteiger partial charge is 0.120 e. The Labute approximate surface area is 438 Å². The number of hydrogen-bond acceptors (Lipinski definition) is 14. The van der Waals surface area contributed by atoms with Crippen LogP contribution in [0.4, 0.5) is 0 Å². The van der Waals surface area contributed by atoms with Crippen molar-refractivity contribution in [2.24, 2.45) is 11.8 Å². The fourth-order valence-corrected chi connectivity index (χ4v) is 6.12. The molecule has 14 nitrogen and oxygen atoms in total. The van der Waals surface area contributed by atoms with E-state index in [9.17, 15) is 28.8 Å². The molecule has 428 valence electrons. The van der Waals surface area contributed by atoms with Gasteiger partial charge in [-0.15, -0.1) is 0 Å². The Morgan fingerprint density at radius 2 is 0.507 bits per heavy atom. The highest BCUT2D eigenvalue weighted by atomic mass is 16.5. The molecule has 0 heterocycles. The van der Waals surface area contributed by atoms with Crippen molar-refractivity contribution in [3.05, 3.63) is 0 Å². The van der Waals surface area contributed by atoms with Crippen molar-refractivity contribution in [3.8, 4) is 0 Å². The van der Waals surface area contributed by atoms with Crippen molar-refractivity contribution in [3.63, 3.8) is 0 Å². The molecule has 71 heavy (non-hydrogen) atoms. The molecule has 0 atom stereocenters. The van der Waals surface area contributed by atoms with Gasteiger partial charge in [-0.2, -0.15) is 0 Å². The minimum atomic E-state index is -0.0764. The third-order valence-electron chi connectivity index (χ3n) is 10.5. The van der Waals surface area contributed by atoms with Gasteiger partial charge in [0.05, 0.1) is 19.3 Å². The molecule has 0 aromatic carbocycles. The number of nitrogens with one attached hydrogen (secondary N) is 1. The van der Waals surface area contributed by atoms with Gasteiger partial charge in [-0.05, 0) is 44.6 Å². The number of hydrogen-bond donors (Lipinski definition) is 1. The molecule has 0 aliphatic carbocycles. The van der Waals surface area contributed by atoms with Gasteiger partial charge in [-0.1, -0.05) is 156 Å². The molecule has 14 heteroatoms. The molecule has 0 saturated heterocycles. The fraction of sp³-hybridized carbons (Fsp3) is 0.877. The lowest BCUT2D eigenvalue weighted by molar-refractivity contribution is -0.114. The van der Waals surface area contributed by atoms with E-state index in [4.69, 9.17) is 33.2 Å². The maximum Gasteiger partial charge on any atom is 0.120 e. The molecule has 0 unspecified atom stereocenters. The minimum Gasteiger partial charge on any atom is -0.385 e. The van der Waals surface area contributed by atoms with E-state index in [0.717, 1.165) is 64.1 Å². The van der Waals surface area contributed by atoms with Gasteiger partial charge in [0.15, 0.2) is 0 Å². The number of ether oxygens (including phenoxy) is 6. The number of unbranched alkanes of at least 4 members (excludes halogenated alkanes) is 20. The Morgan fingerprint density at radius 3 is 0.648 bits per heavy atom. The fourth-order valence-electron chi connectivity index (χ4n) is 6.12. The van der Waals surface area contributed by atoms with Crippen LogP contribution in [0, 0.1) is 11.8 Å². The van der Waals surface area contributed by atoms with Crippen LogP contribution in [0.15, 0.2) is 0 Å². The zero-order valence-electron chi connectivity index (χ0n) is 48.2. The first-order valence-electron chi connectivity index (χ1n) is 27.2. The van der Waals surface area contributed by atoms with Crippen LogP contribution in [0.3, 0.4) is 0 Å². The SMILES string of the molecule is C=O.CCCCCCCCOC.CCCCCCCCOC.CCCCCCCCOC.CCCCCCCCOC.CNC(COC)COC.O=CCC(CC=O)CC=O.O=CCC(CC=O)CC=O. The average Bonchev–Trinajstić information content (AvgIpc) is 3.38. The van der Waals surface area contributed by atoms with Crippen molar-refractivity contribution < 1.29 is 62.0 Å². The van der Waals surface area contributed by atoms with Crippen molar-refractivity contribution in [2.45, 2.75) is 226 Å². The van der Waals surface area contributed by atoms with Crippen molar-refractivity contribution in [1.82, 2.24) is 5.32 Å². The summed E-state index contributed by atoms with van der Waals surface area (Å²) >= 11 is 0. The molecule has 0 aliphatic heterocycles. The molecule has 0 radical (unpaired) electrons. The lowest BCUT2D eigenvalue weighted by atomic mass is 10.0. The van der Waals surface area contributed by atoms with Gasteiger partial charge in [-0.25, -0.2) is 0 Å². The topological polar surface area (TPSA) is 187 Å². The third-order valence-corrected chi connectivity index (χ3v) is 10.5. The van der Waals surface area contributed by atoms with Crippen LogP contribution in [0.25, 0.3) is 0 Å². The van der Waals surface area contributed by atoms with E-state index in [0.29, 0.717) is 57.8 Å². The average molecular weight is 1020 g/mol. The first kappa shape index (κ1) is 85.2. The van der Waals surface area contributed by atoms with Gasteiger partial charge in [0.2, 0.25) is 0 Å². The van der Waals surface area contributed by atoms with E-state index in [1.165, 1.54) is 154 Å². The quantitative estimate of drug-likeness (QED) is 0.0448. The molecule has 0 saturated carbocycles. The number of carbonyl (C=O) groups is 7. The van der Waals surface area contributed by atoms with Gasteiger partial charge in [0.25, 0.3) is 0 Å². The summed E-state index contributed by atoms with van der Waals surface area (Å²) in [6, 6.07) is 0.319. The van der Waals surface area contributed by atoms with Crippen LogP contribution in [0.5, 0.6) is 0 Å². The van der Waals surface area contributed by atoms with E-state index in [1.54, 1.807) is 42.7 Å². The summed E-state index contributed by atoms with van der Waals surface area (Å²) in [7, 11) is 12.3. The van der Waals surface area contributed by atoms with Crippen LogP contribution >= 0.6 is 0 Å². The molecule has 0 spiro atoms. The molecule has 0 aromatic rings. The number of rotatable bonds is 45. The van der Waals surface area contributed by atoms with Gasteiger partial charge in [0, 0.05) is 108 Å². The summed E-state index contributed by atoms with van der Waals surface area (Å²) in [5.41, 5.74) is 0. The number of aldehydes is 6. The Balaban J connectivity index is -0.000000108. The summed E-state index contributed by atoms with van der Waals surface area (Å²) < 4.78 is 29.6. The number of carbonyl (C=O) groups excluding carboxylic acids is 7. The van der Waals surface area contributed by atoms with Crippen LogP contribution in [0.2, 0.25) is 0 Å². The maximum atomic E-state index is 9.93. The molecule has 0 aromatic heterocycles. The molecule has 0 aliphatic rings. The highest BCUT2D eigenvalue weighted by Crippen LogP contribution is 2.09. The lowest BCUT2D eigenvalue weighted by Crippen LogP contribution is -2.34. The summed E-state index contributed by atoms with van der Waals surface area (Å²) in [4.78, 5) is 67.6. The van der Waals surface area contributed by atoms with E-state index in [1.807, 2.05) is 13.8 Å². The van der Waals surface area contributed by atoms with Gasteiger partial charge >= 0.3 is 0 Å². The monoisotopic (exact) mass is 1020 g/mol. The largest absolute Gasteiger partial charge is 0.385 e. The molecule has 1 N–H and O–H groups in total. The Morgan fingerprint density at radius 1 is 0.324 bits per heavy atom. The Kier molecular flexibility index (Phi) is 116. The second-order valence-electron chi connectivity index (χ2n) is 17.1. The second-order valence-corrected chi connectivity index (χ2v) is 17.1. The standard InChI is InChI=1S/4C9H20O.2C7H10O3.C6H15NO2.CH2O/c4*1-3-4-5-6-7-8-9-10-2;2*8-4-1-7(2-5-9)3-6-10;1-7-6(4-8-2)5-9-3;1-2/h4*3-9H2,1-2H3;2*4-7H,1-3H2;6-7H,4-5H2,1-3H3;1H2. The molecule has 0 rings (SSSR count). The van der Waals surface area contributed by atoms with E-state index in [-0.39, 0.29) is 11.8 Å². The first-order valence-corrected chi connectivity index (χ1v) is 27.2. The van der Waals surface area contributed by atoms with Crippen LogP contribution in [-0.4, -0.2) is 140 Å². The summed E-state index contributed by atoms with van der Waals surface area (Å²) in [5.74, 6) is -0.153. The van der Waals surface area contributed by atoms with Crippen LogP contribution in [-0.2, 0) is 62.0 Å². The predicted molar refractivity (Wildman–Crippen MR) is 296 cm³/mol. The normalized spacial score (nSPS) is 9.77. The zero-order valence-corrected chi connectivity index (χ0v) is 48.2. The summed E-state index contributed by atoms with van der Waals surface area (Å²) in [5, 5.41) is 3.05. The van der Waals surface area contributed by atoms with E-state index >= 15 is 0 Å². The van der Waals surface area contributed by atoms with E-state index < -0.39 is 0 Å². The highest BCUT2D eigenvalue weighted by Gasteiger charge is 2.06. The zero-order chi connectivity index (χ0) is 55.4. The summed E-state index contributed by atoms with van der Waals surface area (Å²) in [6.45, 7) is 16.1. The van der Waals surface area contributed by atoms with Crippen molar-refractivity contribution >= 4 is 44.5 Å². The Bertz CT molecular complexity index is 738. The van der Waals surface area contributed by atoms with Crippen LogP contribution in [0.1, 0.15) is 220 Å². The predicted octanol–water partition coefficient (Wildman–Crippen LogP) is 12.4. The molecular formula is C57H117NO13. The van der Waals surface area contributed by atoms with Gasteiger partial charge in [-0.3, -0.25) is 0 Å². The maximum absolute atomic E-state index is 9.93. The molecular weight excluding hydrogens is 907 g/mol. The lowest BCUT2D eigenvalue weighted by Gasteiger charge is -2.12. The van der Waals surface area contributed by atoms with Crippen molar-refractivity contribution in [2.75, 3.05) is 89.3 Å². The minimum absolute atomic E-state index is 0.0764. The van der Waals surface area contributed by atoms with Gasteiger partial charge < -0.3 is 67.3 Å². The van der Waals surface area contributed by atoms with Gasteiger partial charge in [0.1, 0.15) is 44.5 Å². The number of likely N-dealkylation sites (N-methyl/N-ethyl adjacent to an activating group) is 1. The third kappa shape index (κ3) is 109.